The first-order valence-corrected chi connectivity index (χ1v) is 5.22. The van der Waals surface area contributed by atoms with E-state index in [0.29, 0.717) is 10.0 Å². The molecule has 0 fully saturated rings. The van der Waals surface area contributed by atoms with Crippen molar-refractivity contribution in [2.24, 2.45) is 0 Å². The van der Waals surface area contributed by atoms with Crippen LogP contribution in [0, 0.1) is 5.82 Å². The van der Waals surface area contributed by atoms with Gasteiger partial charge in [0.25, 0.3) is 0 Å². The highest BCUT2D eigenvalue weighted by molar-refractivity contribution is 7.15. The number of rotatable bonds is 1. The van der Waals surface area contributed by atoms with Gasteiger partial charge in [0.1, 0.15) is 10.2 Å². The quantitative estimate of drug-likeness (QED) is 0.788. The maximum absolute atomic E-state index is 12.9. The van der Waals surface area contributed by atoms with Crippen LogP contribution in [-0.2, 0) is 0 Å². The summed E-state index contributed by atoms with van der Waals surface area (Å²) in [5, 5.41) is 1.83. The summed E-state index contributed by atoms with van der Waals surface area (Å²) >= 11 is 7.17. The van der Waals surface area contributed by atoms with Crippen molar-refractivity contribution in [3.63, 3.8) is 0 Å². The van der Waals surface area contributed by atoms with E-state index in [4.69, 9.17) is 17.3 Å². The van der Waals surface area contributed by atoms with Gasteiger partial charge in [0, 0.05) is 10.9 Å². The molecule has 1 heterocycles. The minimum Gasteiger partial charge on any atom is -0.396 e. The highest BCUT2D eigenvalue weighted by atomic mass is 35.5. The molecule has 1 nitrogen and oxygen atoms in total. The molecule has 0 aliphatic carbocycles. The van der Waals surface area contributed by atoms with Crippen LogP contribution in [0.3, 0.4) is 0 Å². The molecule has 0 atom stereocenters. The predicted molar refractivity (Wildman–Crippen MR) is 59.1 cm³/mol. The van der Waals surface area contributed by atoms with Crippen LogP contribution in [-0.4, -0.2) is 0 Å². The van der Waals surface area contributed by atoms with Gasteiger partial charge in [-0.3, -0.25) is 0 Å². The Morgan fingerprint density at radius 1 is 1.36 bits per heavy atom. The smallest absolute Gasteiger partial charge is 0.123 e. The lowest BCUT2D eigenvalue weighted by molar-refractivity contribution is 0.628. The van der Waals surface area contributed by atoms with Crippen LogP contribution in [0.15, 0.2) is 29.6 Å². The van der Waals surface area contributed by atoms with Crippen molar-refractivity contribution in [1.82, 2.24) is 0 Å². The summed E-state index contributed by atoms with van der Waals surface area (Å²) in [5.74, 6) is -0.274. The average Bonchev–Trinajstić information content (AvgIpc) is 2.48. The summed E-state index contributed by atoms with van der Waals surface area (Å²) in [7, 11) is 0. The van der Waals surface area contributed by atoms with Gasteiger partial charge in [0.05, 0.1) is 5.69 Å². The first-order valence-electron chi connectivity index (χ1n) is 3.97. The zero-order valence-corrected chi connectivity index (χ0v) is 8.70. The fourth-order valence-electron chi connectivity index (χ4n) is 1.22. The fourth-order valence-corrected chi connectivity index (χ4v) is 2.18. The Kier molecular flexibility index (Phi) is 2.44. The fraction of sp³-hybridized carbons (Fsp3) is 0. The summed E-state index contributed by atoms with van der Waals surface area (Å²) < 4.78 is 13.5. The zero-order valence-electron chi connectivity index (χ0n) is 7.13. The molecule has 72 valence electrons. The van der Waals surface area contributed by atoms with Crippen LogP contribution in [0.5, 0.6) is 0 Å². The third-order valence-corrected chi connectivity index (χ3v) is 3.17. The van der Waals surface area contributed by atoms with Crippen LogP contribution in [0.25, 0.3) is 11.1 Å². The number of hydrogen-bond acceptors (Lipinski definition) is 2. The van der Waals surface area contributed by atoms with Gasteiger partial charge in [0.15, 0.2) is 0 Å². The molecule has 14 heavy (non-hydrogen) atoms. The van der Waals surface area contributed by atoms with Crippen LogP contribution in [0.2, 0.25) is 4.34 Å². The number of anilines is 1. The van der Waals surface area contributed by atoms with Gasteiger partial charge in [-0.2, -0.15) is 0 Å². The Hall–Kier alpha value is -1.06. The molecule has 0 bridgehead atoms. The van der Waals surface area contributed by atoms with Gasteiger partial charge in [0.2, 0.25) is 0 Å². The normalized spacial score (nSPS) is 10.4. The van der Waals surface area contributed by atoms with Crippen molar-refractivity contribution in [2.75, 3.05) is 5.73 Å². The van der Waals surface area contributed by atoms with Crippen molar-refractivity contribution in [2.45, 2.75) is 0 Å². The Labute approximate surface area is 89.9 Å². The summed E-state index contributed by atoms with van der Waals surface area (Å²) in [5.41, 5.74) is 7.80. The maximum Gasteiger partial charge on any atom is 0.123 e. The number of halogens is 2. The SMILES string of the molecule is Nc1c(-c2cccc(F)c2)csc1Cl. The highest BCUT2D eigenvalue weighted by Crippen LogP contribution is 2.37. The maximum atomic E-state index is 12.9. The Balaban J connectivity index is 2.55. The van der Waals surface area contributed by atoms with Crippen LogP contribution in [0.1, 0.15) is 0 Å². The zero-order chi connectivity index (χ0) is 10.1. The summed E-state index contributed by atoms with van der Waals surface area (Å²) in [4.78, 5) is 0. The van der Waals surface area contributed by atoms with Crippen molar-refractivity contribution in [1.29, 1.82) is 0 Å². The van der Waals surface area contributed by atoms with E-state index in [9.17, 15) is 4.39 Å². The van der Waals surface area contributed by atoms with Crippen LogP contribution >= 0.6 is 22.9 Å². The van der Waals surface area contributed by atoms with Gasteiger partial charge < -0.3 is 5.73 Å². The Bertz CT molecular complexity index is 467. The Morgan fingerprint density at radius 3 is 2.71 bits per heavy atom. The summed E-state index contributed by atoms with van der Waals surface area (Å²) in [6, 6.07) is 6.29. The lowest BCUT2D eigenvalue weighted by Crippen LogP contribution is -1.86. The number of benzene rings is 1. The third-order valence-electron chi connectivity index (χ3n) is 1.92. The summed E-state index contributed by atoms with van der Waals surface area (Å²) in [6.45, 7) is 0. The first kappa shape index (κ1) is 9.49. The monoisotopic (exact) mass is 227 g/mol. The van der Waals surface area contributed by atoms with Gasteiger partial charge >= 0.3 is 0 Å². The van der Waals surface area contributed by atoms with E-state index in [0.717, 1.165) is 11.1 Å². The predicted octanol–water partition coefficient (Wildman–Crippen LogP) is 3.79. The number of nitrogen functional groups attached to an aromatic ring is 1. The molecule has 0 unspecified atom stereocenters. The van der Waals surface area contributed by atoms with Gasteiger partial charge in [-0.1, -0.05) is 23.7 Å². The lowest BCUT2D eigenvalue weighted by Gasteiger charge is -1.99. The lowest BCUT2D eigenvalue weighted by atomic mass is 10.1. The second kappa shape index (κ2) is 3.59. The van der Waals surface area contributed by atoms with Crippen molar-refractivity contribution < 1.29 is 4.39 Å². The van der Waals surface area contributed by atoms with Crippen molar-refractivity contribution in [3.8, 4) is 11.1 Å². The molecule has 0 saturated heterocycles. The van der Waals surface area contributed by atoms with Gasteiger partial charge in [-0.15, -0.1) is 11.3 Å². The third kappa shape index (κ3) is 1.61. The molecule has 0 aliphatic heterocycles. The summed E-state index contributed by atoms with van der Waals surface area (Å²) in [6.07, 6.45) is 0. The molecule has 0 aliphatic rings. The highest BCUT2D eigenvalue weighted by Gasteiger charge is 2.08. The molecule has 0 amide bonds. The number of nitrogens with two attached hydrogens (primary N) is 1. The molecule has 1 aromatic carbocycles. The molecule has 0 spiro atoms. The van der Waals surface area contributed by atoms with E-state index in [1.165, 1.54) is 23.5 Å². The van der Waals surface area contributed by atoms with E-state index >= 15 is 0 Å². The molecular formula is C10H7ClFNS. The van der Waals surface area contributed by atoms with Crippen molar-refractivity contribution >= 4 is 28.6 Å². The van der Waals surface area contributed by atoms with Crippen molar-refractivity contribution in [3.05, 3.63) is 39.8 Å². The largest absolute Gasteiger partial charge is 0.396 e. The standard InChI is InChI=1S/C10H7ClFNS/c11-10-9(13)8(5-14-10)6-2-1-3-7(12)4-6/h1-5H,13H2. The van der Waals surface area contributed by atoms with E-state index in [1.54, 1.807) is 12.1 Å². The molecule has 4 heteroatoms. The van der Waals surface area contributed by atoms with E-state index < -0.39 is 0 Å². The molecule has 0 saturated carbocycles. The Morgan fingerprint density at radius 2 is 2.14 bits per heavy atom. The van der Waals surface area contributed by atoms with E-state index in [1.807, 2.05) is 5.38 Å². The minimum atomic E-state index is -0.274. The van der Waals surface area contributed by atoms with Crippen LogP contribution < -0.4 is 5.73 Å². The first-order chi connectivity index (χ1) is 6.68. The van der Waals surface area contributed by atoms with Crippen LogP contribution in [0.4, 0.5) is 10.1 Å². The number of hydrogen-bond donors (Lipinski definition) is 1. The number of thiophene rings is 1. The van der Waals surface area contributed by atoms with E-state index in [2.05, 4.69) is 0 Å². The second-order valence-electron chi connectivity index (χ2n) is 2.85. The minimum absolute atomic E-state index is 0.274. The molecule has 1 aromatic heterocycles. The topological polar surface area (TPSA) is 26.0 Å². The average molecular weight is 228 g/mol. The van der Waals surface area contributed by atoms with E-state index in [-0.39, 0.29) is 5.82 Å². The molecule has 0 radical (unpaired) electrons. The van der Waals surface area contributed by atoms with Gasteiger partial charge in [-0.05, 0) is 17.7 Å². The molecule has 2 N–H and O–H groups in total. The molecule has 2 rings (SSSR count). The van der Waals surface area contributed by atoms with Gasteiger partial charge in [-0.25, -0.2) is 4.39 Å². The molecular weight excluding hydrogens is 221 g/mol. The second-order valence-corrected chi connectivity index (χ2v) is 4.33. The molecule has 2 aromatic rings.